The van der Waals surface area contributed by atoms with Crippen molar-refractivity contribution in [2.24, 2.45) is 0 Å². The number of fused-ring (bicyclic) bond motifs is 1. The van der Waals surface area contributed by atoms with E-state index >= 15 is 0 Å². The van der Waals surface area contributed by atoms with Crippen LogP contribution in [0, 0.1) is 0 Å². The first kappa shape index (κ1) is 24.5. The van der Waals surface area contributed by atoms with E-state index in [0.29, 0.717) is 28.2 Å². The standard InChI is InChI=1S/C27H30N4O3S/c1-4-31(5-2)18-19-11-13-21(14-12-19)28-26(20-9-7-6-8-10-20)25-23-17-22(30-35(3,33)34)15-16-24(23)29-27(25)32/h6-17,28,30H,4-5,18H2,1-3H3,(H,29,32)/b26-25+. The van der Waals surface area contributed by atoms with Crippen molar-refractivity contribution in [3.05, 3.63) is 89.5 Å². The molecule has 7 nitrogen and oxygen atoms in total. The summed E-state index contributed by atoms with van der Waals surface area (Å²) in [5.74, 6) is -0.249. The van der Waals surface area contributed by atoms with Crippen LogP contribution < -0.4 is 15.4 Å². The molecule has 4 rings (SSSR count). The number of carbonyl (C=O) groups excluding carboxylic acids is 1. The van der Waals surface area contributed by atoms with E-state index in [2.05, 4.69) is 46.2 Å². The second-order valence-electron chi connectivity index (χ2n) is 8.49. The van der Waals surface area contributed by atoms with Crippen LogP contribution >= 0.6 is 0 Å². The fourth-order valence-electron chi connectivity index (χ4n) is 4.12. The van der Waals surface area contributed by atoms with Crippen LogP contribution in [0.1, 0.15) is 30.5 Å². The Labute approximate surface area is 206 Å². The summed E-state index contributed by atoms with van der Waals surface area (Å²) in [5, 5.41) is 6.35. The van der Waals surface area contributed by atoms with Gasteiger partial charge in [-0.1, -0.05) is 56.3 Å². The van der Waals surface area contributed by atoms with Crippen LogP contribution in [0.15, 0.2) is 72.8 Å². The van der Waals surface area contributed by atoms with Crippen molar-refractivity contribution in [3.8, 4) is 0 Å². The number of rotatable bonds is 9. The van der Waals surface area contributed by atoms with E-state index < -0.39 is 10.0 Å². The topological polar surface area (TPSA) is 90.5 Å². The summed E-state index contributed by atoms with van der Waals surface area (Å²) >= 11 is 0. The highest BCUT2D eigenvalue weighted by Crippen LogP contribution is 2.39. The van der Waals surface area contributed by atoms with Crippen LogP contribution in [0.4, 0.5) is 17.1 Å². The highest BCUT2D eigenvalue weighted by Gasteiger charge is 2.29. The van der Waals surface area contributed by atoms with Gasteiger partial charge in [-0.05, 0) is 54.5 Å². The van der Waals surface area contributed by atoms with Crippen LogP contribution in [-0.2, 0) is 21.4 Å². The SMILES string of the molecule is CCN(CC)Cc1ccc(N/C(=C2/C(=O)Nc3ccc(NS(C)(=O)=O)cc32)c2ccccc2)cc1. The number of sulfonamides is 1. The molecule has 0 aliphatic carbocycles. The summed E-state index contributed by atoms with van der Waals surface area (Å²) in [6.07, 6.45) is 1.10. The van der Waals surface area contributed by atoms with Crippen molar-refractivity contribution >= 4 is 44.3 Å². The second kappa shape index (κ2) is 10.3. The van der Waals surface area contributed by atoms with Gasteiger partial charge < -0.3 is 10.6 Å². The molecule has 0 atom stereocenters. The summed E-state index contributed by atoms with van der Waals surface area (Å²) in [6, 6.07) is 22.9. The lowest BCUT2D eigenvalue weighted by atomic mass is 9.99. The number of nitrogens with one attached hydrogen (secondary N) is 3. The normalized spacial score (nSPS) is 14.5. The number of anilines is 3. The zero-order valence-electron chi connectivity index (χ0n) is 20.1. The first-order chi connectivity index (χ1) is 16.8. The van der Waals surface area contributed by atoms with E-state index in [-0.39, 0.29) is 5.91 Å². The van der Waals surface area contributed by atoms with Crippen molar-refractivity contribution in [3.63, 3.8) is 0 Å². The number of amides is 1. The minimum absolute atomic E-state index is 0.249. The third-order valence-corrected chi connectivity index (χ3v) is 6.51. The van der Waals surface area contributed by atoms with Crippen LogP contribution in [0.25, 0.3) is 11.3 Å². The Hall–Kier alpha value is -3.62. The van der Waals surface area contributed by atoms with Gasteiger partial charge in [0.1, 0.15) is 0 Å². The fraction of sp³-hybridized carbons (Fsp3) is 0.222. The first-order valence-corrected chi connectivity index (χ1v) is 13.5. The van der Waals surface area contributed by atoms with E-state index in [4.69, 9.17) is 0 Å². The molecule has 0 saturated heterocycles. The van der Waals surface area contributed by atoms with Gasteiger partial charge in [-0.25, -0.2) is 8.42 Å². The molecule has 35 heavy (non-hydrogen) atoms. The van der Waals surface area contributed by atoms with Crippen molar-refractivity contribution in [2.75, 3.05) is 34.7 Å². The lowest BCUT2D eigenvalue weighted by Gasteiger charge is -2.19. The third-order valence-electron chi connectivity index (χ3n) is 5.90. The predicted molar refractivity (Wildman–Crippen MR) is 143 cm³/mol. The number of hydrogen-bond donors (Lipinski definition) is 3. The first-order valence-electron chi connectivity index (χ1n) is 11.6. The van der Waals surface area contributed by atoms with Gasteiger partial charge in [-0.3, -0.25) is 14.4 Å². The molecule has 1 amide bonds. The maximum atomic E-state index is 13.1. The second-order valence-corrected chi connectivity index (χ2v) is 10.2. The number of benzene rings is 3. The van der Waals surface area contributed by atoms with Crippen LogP contribution in [-0.4, -0.2) is 38.6 Å². The Bertz CT molecular complexity index is 1350. The molecule has 0 fully saturated rings. The molecule has 1 aliphatic rings. The van der Waals surface area contributed by atoms with Crippen molar-refractivity contribution in [1.82, 2.24) is 4.90 Å². The lowest BCUT2D eigenvalue weighted by Crippen LogP contribution is -2.22. The molecule has 182 valence electrons. The van der Waals surface area contributed by atoms with Crippen LogP contribution in [0.3, 0.4) is 0 Å². The Morgan fingerprint density at radius 3 is 2.20 bits per heavy atom. The third kappa shape index (κ3) is 5.90. The minimum Gasteiger partial charge on any atom is -0.354 e. The maximum Gasteiger partial charge on any atom is 0.258 e. The summed E-state index contributed by atoms with van der Waals surface area (Å²) in [5.41, 5.74) is 5.68. The zero-order valence-corrected chi connectivity index (χ0v) is 20.9. The minimum atomic E-state index is -3.45. The van der Waals surface area contributed by atoms with Gasteiger partial charge in [-0.2, -0.15) is 0 Å². The monoisotopic (exact) mass is 490 g/mol. The van der Waals surface area contributed by atoms with Crippen molar-refractivity contribution in [1.29, 1.82) is 0 Å². The quantitative estimate of drug-likeness (QED) is 0.374. The molecule has 0 unspecified atom stereocenters. The Balaban J connectivity index is 1.75. The molecule has 8 heteroatoms. The van der Waals surface area contributed by atoms with Gasteiger partial charge >= 0.3 is 0 Å². The largest absolute Gasteiger partial charge is 0.354 e. The molecule has 3 aromatic rings. The van der Waals surface area contributed by atoms with Crippen molar-refractivity contribution in [2.45, 2.75) is 20.4 Å². The molecule has 3 N–H and O–H groups in total. The zero-order chi connectivity index (χ0) is 25.0. The van der Waals surface area contributed by atoms with Crippen molar-refractivity contribution < 1.29 is 13.2 Å². The smallest absolute Gasteiger partial charge is 0.258 e. The van der Waals surface area contributed by atoms with E-state index in [9.17, 15) is 13.2 Å². The Kier molecular flexibility index (Phi) is 7.23. The molecule has 1 heterocycles. The molecule has 0 spiro atoms. The van der Waals surface area contributed by atoms with Crippen LogP contribution in [0.5, 0.6) is 0 Å². The average Bonchev–Trinajstić information content (AvgIpc) is 3.16. The average molecular weight is 491 g/mol. The van der Waals surface area contributed by atoms with Gasteiger partial charge in [-0.15, -0.1) is 0 Å². The van der Waals surface area contributed by atoms with E-state index in [1.165, 1.54) is 5.56 Å². The molecule has 0 radical (unpaired) electrons. The molecular formula is C27H30N4O3S. The summed E-state index contributed by atoms with van der Waals surface area (Å²) in [4.78, 5) is 15.5. The highest BCUT2D eigenvalue weighted by molar-refractivity contribution is 7.92. The number of carbonyl (C=O) groups is 1. The Morgan fingerprint density at radius 2 is 1.57 bits per heavy atom. The van der Waals surface area contributed by atoms with Gasteiger partial charge in [0.2, 0.25) is 10.0 Å². The van der Waals surface area contributed by atoms with Gasteiger partial charge in [0.05, 0.1) is 17.5 Å². The summed E-state index contributed by atoms with van der Waals surface area (Å²) < 4.78 is 26.0. The fourth-order valence-corrected chi connectivity index (χ4v) is 4.68. The number of hydrogen-bond acceptors (Lipinski definition) is 5. The molecular weight excluding hydrogens is 460 g/mol. The molecule has 3 aromatic carbocycles. The van der Waals surface area contributed by atoms with E-state index in [1.54, 1.807) is 18.2 Å². The Morgan fingerprint density at radius 1 is 0.914 bits per heavy atom. The lowest BCUT2D eigenvalue weighted by molar-refractivity contribution is -0.110. The van der Waals surface area contributed by atoms with Gasteiger partial charge in [0.25, 0.3) is 5.91 Å². The van der Waals surface area contributed by atoms with E-state index in [0.717, 1.165) is 37.1 Å². The number of nitrogens with zero attached hydrogens (tertiary/aromatic N) is 1. The van der Waals surface area contributed by atoms with Gasteiger partial charge in [0, 0.05) is 29.2 Å². The molecule has 0 aromatic heterocycles. The van der Waals surface area contributed by atoms with Gasteiger partial charge in [0.15, 0.2) is 0 Å². The molecule has 0 bridgehead atoms. The highest BCUT2D eigenvalue weighted by atomic mass is 32.2. The van der Waals surface area contributed by atoms with E-state index in [1.807, 2.05) is 42.5 Å². The summed E-state index contributed by atoms with van der Waals surface area (Å²) in [7, 11) is -3.45. The molecule has 0 saturated carbocycles. The maximum absolute atomic E-state index is 13.1. The predicted octanol–water partition coefficient (Wildman–Crippen LogP) is 4.83. The van der Waals surface area contributed by atoms with Crippen LogP contribution in [0.2, 0.25) is 0 Å². The molecule has 1 aliphatic heterocycles. The summed E-state index contributed by atoms with van der Waals surface area (Å²) in [6.45, 7) is 7.17.